The summed E-state index contributed by atoms with van der Waals surface area (Å²) in [7, 11) is 0. The number of ether oxygens (including phenoxy) is 1. The first-order valence-corrected chi connectivity index (χ1v) is 7.15. The summed E-state index contributed by atoms with van der Waals surface area (Å²) in [6, 6.07) is 0.529. The van der Waals surface area contributed by atoms with Crippen LogP contribution in [0.15, 0.2) is 0 Å². The van der Waals surface area contributed by atoms with Crippen molar-refractivity contribution in [1.82, 2.24) is 5.32 Å². The van der Waals surface area contributed by atoms with Gasteiger partial charge in [0.05, 0.1) is 5.60 Å². The normalized spacial score (nSPS) is 23.3. The van der Waals surface area contributed by atoms with E-state index in [-0.39, 0.29) is 0 Å². The van der Waals surface area contributed by atoms with Crippen molar-refractivity contribution < 1.29 is 9.84 Å². The molecule has 2 unspecified atom stereocenters. The summed E-state index contributed by atoms with van der Waals surface area (Å²) in [5.74, 6) is 0.688. The van der Waals surface area contributed by atoms with Crippen LogP contribution >= 0.6 is 0 Å². The number of hydrogen-bond donors (Lipinski definition) is 2. The summed E-state index contributed by atoms with van der Waals surface area (Å²) in [6.07, 6.45) is 5.15. The molecule has 102 valence electrons. The first kappa shape index (κ1) is 14.9. The lowest BCUT2D eigenvalue weighted by molar-refractivity contribution is -0.0635. The smallest absolute Gasteiger partial charge is 0.0815 e. The number of nitrogens with one attached hydrogen (secondary N) is 1. The summed E-state index contributed by atoms with van der Waals surface area (Å²) in [5.41, 5.74) is -0.544. The van der Waals surface area contributed by atoms with Crippen LogP contribution in [-0.2, 0) is 4.74 Å². The zero-order chi connectivity index (χ0) is 12.7. The van der Waals surface area contributed by atoms with Gasteiger partial charge in [-0.05, 0) is 18.8 Å². The molecule has 0 aromatic rings. The summed E-state index contributed by atoms with van der Waals surface area (Å²) in [6.45, 7) is 8.85. The summed E-state index contributed by atoms with van der Waals surface area (Å²) in [4.78, 5) is 0. The molecule has 1 fully saturated rings. The van der Waals surface area contributed by atoms with E-state index in [0.717, 1.165) is 19.3 Å². The van der Waals surface area contributed by atoms with E-state index in [4.69, 9.17) is 4.74 Å². The van der Waals surface area contributed by atoms with Gasteiger partial charge in [0.25, 0.3) is 0 Å². The molecule has 1 aliphatic rings. The van der Waals surface area contributed by atoms with Crippen LogP contribution in [0.4, 0.5) is 0 Å². The van der Waals surface area contributed by atoms with Crippen molar-refractivity contribution in [2.75, 3.05) is 19.8 Å². The highest BCUT2D eigenvalue weighted by Crippen LogP contribution is 2.21. The fourth-order valence-corrected chi connectivity index (χ4v) is 2.65. The number of aliphatic hydroxyl groups is 1. The maximum absolute atomic E-state index is 10.4. The van der Waals surface area contributed by atoms with Gasteiger partial charge in [0.1, 0.15) is 0 Å². The Balaban J connectivity index is 2.35. The van der Waals surface area contributed by atoms with Gasteiger partial charge in [-0.2, -0.15) is 0 Å². The molecule has 0 aliphatic carbocycles. The summed E-state index contributed by atoms with van der Waals surface area (Å²) < 4.78 is 5.30. The van der Waals surface area contributed by atoms with Crippen LogP contribution in [0.3, 0.4) is 0 Å². The van der Waals surface area contributed by atoms with Crippen LogP contribution < -0.4 is 5.32 Å². The number of hydrogen-bond acceptors (Lipinski definition) is 3. The van der Waals surface area contributed by atoms with Crippen molar-refractivity contribution in [3.05, 3.63) is 0 Å². The molecule has 0 bridgehead atoms. The van der Waals surface area contributed by atoms with Crippen LogP contribution in [0.25, 0.3) is 0 Å². The zero-order valence-electron chi connectivity index (χ0n) is 11.7. The van der Waals surface area contributed by atoms with Gasteiger partial charge in [0, 0.05) is 38.6 Å². The second-order valence-electron chi connectivity index (χ2n) is 5.50. The van der Waals surface area contributed by atoms with E-state index >= 15 is 0 Å². The predicted octanol–water partition coefficient (Wildman–Crippen LogP) is 2.33. The Labute approximate surface area is 106 Å². The van der Waals surface area contributed by atoms with Gasteiger partial charge in [0.15, 0.2) is 0 Å². The van der Waals surface area contributed by atoms with Crippen molar-refractivity contribution in [3.8, 4) is 0 Å². The van der Waals surface area contributed by atoms with E-state index in [1.54, 1.807) is 0 Å². The lowest BCUT2D eigenvalue weighted by Crippen LogP contribution is -2.49. The average Bonchev–Trinajstić information content (AvgIpc) is 2.31. The predicted molar refractivity (Wildman–Crippen MR) is 71.2 cm³/mol. The molecule has 0 amide bonds. The molecule has 1 aliphatic heterocycles. The Morgan fingerprint density at radius 3 is 2.47 bits per heavy atom. The third kappa shape index (κ3) is 4.94. The third-order valence-corrected chi connectivity index (χ3v) is 3.99. The number of rotatable bonds is 7. The van der Waals surface area contributed by atoms with Crippen LogP contribution in [0, 0.1) is 5.92 Å². The Bertz CT molecular complexity index is 202. The van der Waals surface area contributed by atoms with Gasteiger partial charge in [-0.3, -0.25) is 0 Å². The Hall–Kier alpha value is -0.120. The maximum Gasteiger partial charge on any atom is 0.0815 e. The Morgan fingerprint density at radius 1 is 1.29 bits per heavy atom. The van der Waals surface area contributed by atoms with Crippen LogP contribution in [0.5, 0.6) is 0 Å². The topological polar surface area (TPSA) is 41.5 Å². The fourth-order valence-electron chi connectivity index (χ4n) is 2.65. The van der Waals surface area contributed by atoms with Crippen LogP contribution in [-0.4, -0.2) is 36.5 Å². The third-order valence-electron chi connectivity index (χ3n) is 3.99. The minimum atomic E-state index is -0.544. The van der Waals surface area contributed by atoms with Crippen molar-refractivity contribution in [1.29, 1.82) is 0 Å². The standard InChI is InChI=1S/C14H29NO2/c1-4-6-12(3)13(5-2)15-11-14(16)7-9-17-10-8-14/h12-13,15-16H,4-11H2,1-3H3. The van der Waals surface area contributed by atoms with Crippen LogP contribution in [0.1, 0.15) is 52.9 Å². The average molecular weight is 243 g/mol. The maximum atomic E-state index is 10.4. The van der Waals surface area contributed by atoms with E-state index in [1.807, 2.05) is 0 Å². The summed E-state index contributed by atoms with van der Waals surface area (Å²) >= 11 is 0. The van der Waals surface area contributed by atoms with Gasteiger partial charge >= 0.3 is 0 Å². The van der Waals surface area contributed by atoms with Crippen molar-refractivity contribution >= 4 is 0 Å². The Kier molecular flexibility index (Phi) is 6.45. The van der Waals surface area contributed by atoms with Gasteiger partial charge in [-0.25, -0.2) is 0 Å². The molecular weight excluding hydrogens is 214 g/mol. The van der Waals surface area contributed by atoms with Crippen molar-refractivity contribution in [2.45, 2.75) is 64.5 Å². The molecule has 0 aromatic heterocycles. The van der Waals surface area contributed by atoms with Gasteiger partial charge in [-0.15, -0.1) is 0 Å². The fraction of sp³-hybridized carbons (Fsp3) is 1.00. The first-order valence-electron chi connectivity index (χ1n) is 7.15. The second kappa shape index (κ2) is 7.34. The van der Waals surface area contributed by atoms with Crippen molar-refractivity contribution in [2.24, 2.45) is 5.92 Å². The van der Waals surface area contributed by atoms with E-state index < -0.39 is 5.60 Å². The molecule has 1 saturated heterocycles. The van der Waals surface area contributed by atoms with E-state index in [9.17, 15) is 5.11 Å². The monoisotopic (exact) mass is 243 g/mol. The molecular formula is C14H29NO2. The minimum Gasteiger partial charge on any atom is -0.388 e. The first-order chi connectivity index (χ1) is 8.11. The van der Waals surface area contributed by atoms with E-state index in [0.29, 0.717) is 31.7 Å². The molecule has 3 heteroatoms. The lowest BCUT2D eigenvalue weighted by Gasteiger charge is -2.35. The highest BCUT2D eigenvalue weighted by molar-refractivity contribution is 4.85. The molecule has 0 aromatic carbocycles. The Morgan fingerprint density at radius 2 is 1.94 bits per heavy atom. The highest BCUT2D eigenvalue weighted by Gasteiger charge is 2.30. The largest absolute Gasteiger partial charge is 0.388 e. The molecule has 3 nitrogen and oxygen atoms in total. The molecule has 0 spiro atoms. The van der Waals surface area contributed by atoms with Crippen molar-refractivity contribution in [3.63, 3.8) is 0 Å². The molecule has 2 atom stereocenters. The highest BCUT2D eigenvalue weighted by atomic mass is 16.5. The van der Waals surface area contributed by atoms with Gasteiger partial charge in [0.2, 0.25) is 0 Å². The molecule has 1 heterocycles. The van der Waals surface area contributed by atoms with Crippen LogP contribution in [0.2, 0.25) is 0 Å². The van der Waals surface area contributed by atoms with E-state index in [1.165, 1.54) is 12.8 Å². The van der Waals surface area contributed by atoms with Gasteiger partial charge in [-0.1, -0.05) is 27.2 Å². The minimum absolute atomic E-state index is 0.529. The zero-order valence-corrected chi connectivity index (χ0v) is 11.7. The molecule has 2 N–H and O–H groups in total. The molecule has 1 rings (SSSR count). The SMILES string of the molecule is CCCC(C)C(CC)NCC1(O)CCOCC1. The second-order valence-corrected chi connectivity index (χ2v) is 5.50. The quantitative estimate of drug-likeness (QED) is 0.721. The van der Waals surface area contributed by atoms with E-state index in [2.05, 4.69) is 26.1 Å². The van der Waals surface area contributed by atoms with Gasteiger partial charge < -0.3 is 15.2 Å². The molecule has 17 heavy (non-hydrogen) atoms. The lowest BCUT2D eigenvalue weighted by atomic mass is 9.91. The summed E-state index contributed by atoms with van der Waals surface area (Å²) in [5, 5.41) is 13.9. The molecule has 0 radical (unpaired) electrons. The molecule has 0 saturated carbocycles.